The molecule has 0 bridgehead atoms. The van der Waals surface area contributed by atoms with Crippen molar-refractivity contribution in [2.24, 2.45) is 5.92 Å². The maximum atomic E-state index is 8.98. The Morgan fingerprint density at radius 1 is 0.929 bits per heavy atom. The van der Waals surface area contributed by atoms with Crippen LogP contribution in [0.2, 0.25) is 0 Å². The van der Waals surface area contributed by atoms with Gasteiger partial charge in [0.25, 0.3) is 0 Å². The van der Waals surface area contributed by atoms with E-state index in [1.54, 1.807) is 6.08 Å². The van der Waals surface area contributed by atoms with Gasteiger partial charge in [-0.1, -0.05) is 31.4 Å². The van der Waals surface area contributed by atoms with Crippen molar-refractivity contribution < 1.29 is 15.3 Å². The Labute approximate surface area is 86.1 Å². The number of hydrogen-bond donors (Lipinski definition) is 3. The van der Waals surface area contributed by atoms with Crippen LogP contribution in [0.5, 0.6) is 0 Å². The molecular formula is C11H22O3. The Balaban J connectivity index is 3.38. The first-order valence-electron chi connectivity index (χ1n) is 5.34. The maximum Gasteiger partial charge on any atom is 0.0612 e. The molecule has 0 aromatic carbocycles. The molecule has 3 nitrogen and oxygen atoms in total. The minimum atomic E-state index is 0.0427. The van der Waals surface area contributed by atoms with Gasteiger partial charge in [-0.2, -0.15) is 0 Å². The Hall–Kier alpha value is -0.380. The molecule has 0 aliphatic rings. The van der Waals surface area contributed by atoms with Crippen LogP contribution in [-0.2, 0) is 0 Å². The summed E-state index contributed by atoms with van der Waals surface area (Å²) < 4.78 is 0. The van der Waals surface area contributed by atoms with Gasteiger partial charge in [0.05, 0.1) is 6.61 Å². The van der Waals surface area contributed by atoms with E-state index in [0.29, 0.717) is 0 Å². The van der Waals surface area contributed by atoms with E-state index in [0.717, 1.165) is 32.1 Å². The van der Waals surface area contributed by atoms with Gasteiger partial charge in [0.15, 0.2) is 0 Å². The fourth-order valence-corrected chi connectivity index (χ4v) is 1.37. The predicted molar refractivity (Wildman–Crippen MR) is 57.0 cm³/mol. The smallest absolute Gasteiger partial charge is 0.0612 e. The van der Waals surface area contributed by atoms with E-state index in [1.165, 1.54) is 0 Å². The molecule has 14 heavy (non-hydrogen) atoms. The van der Waals surface area contributed by atoms with Crippen LogP contribution < -0.4 is 0 Å². The molecule has 3 N–H and O–H groups in total. The van der Waals surface area contributed by atoms with Crippen molar-refractivity contribution in [3.8, 4) is 0 Å². The highest BCUT2D eigenvalue weighted by atomic mass is 16.3. The number of aliphatic hydroxyl groups excluding tert-OH is 3. The molecule has 1 unspecified atom stereocenters. The zero-order valence-corrected chi connectivity index (χ0v) is 8.73. The van der Waals surface area contributed by atoms with Crippen LogP contribution >= 0.6 is 0 Å². The molecule has 0 aromatic heterocycles. The number of aliphatic hydroxyl groups is 3. The summed E-state index contributed by atoms with van der Waals surface area (Å²) in [6.45, 7) is 0.464. The molecule has 1 atom stereocenters. The second-order valence-corrected chi connectivity index (χ2v) is 3.48. The van der Waals surface area contributed by atoms with E-state index in [4.69, 9.17) is 15.3 Å². The van der Waals surface area contributed by atoms with Crippen molar-refractivity contribution in [3.63, 3.8) is 0 Å². The van der Waals surface area contributed by atoms with Crippen LogP contribution in [0.25, 0.3) is 0 Å². The largest absolute Gasteiger partial charge is 0.396 e. The second-order valence-electron chi connectivity index (χ2n) is 3.48. The number of rotatable bonds is 9. The Bertz CT molecular complexity index is 134. The first-order valence-corrected chi connectivity index (χ1v) is 5.34. The average molecular weight is 202 g/mol. The van der Waals surface area contributed by atoms with Crippen molar-refractivity contribution in [3.05, 3.63) is 12.2 Å². The summed E-state index contributed by atoms with van der Waals surface area (Å²) in [6, 6.07) is 0. The summed E-state index contributed by atoms with van der Waals surface area (Å²) in [6.07, 6.45) is 8.60. The highest BCUT2D eigenvalue weighted by Gasteiger charge is 2.01. The van der Waals surface area contributed by atoms with Gasteiger partial charge in [0, 0.05) is 13.2 Å². The highest BCUT2D eigenvalue weighted by Crippen LogP contribution is 2.11. The van der Waals surface area contributed by atoms with E-state index in [1.807, 2.05) is 6.08 Å². The molecule has 84 valence electrons. The normalized spacial score (nSPS) is 13.6. The van der Waals surface area contributed by atoms with Gasteiger partial charge < -0.3 is 15.3 Å². The van der Waals surface area contributed by atoms with E-state index < -0.39 is 0 Å². The summed E-state index contributed by atoms with van der Waals surface area (Å²) in [7, 11) is 0. The second kappa shape index (κ2) is 10.7. The third kappa shape index (κ3) is 8.23. The zero-order chi connectivity index (χ0) is 10.6. The maximum absolute atomic E-state index is 8.98. The van der Waals surface area contributed by atoms with Crippen molar-refractivity contribution in [2.45, 2.75) is 32.1 Å². The number of hydrogen-bond acceptors (Lipinski definition) is 3. The van der Waals surface area contributed by atoms with Gasteiger partial charge in [0.2, 0.25) is 0 Å². The van der Waals surface area contributed by atoms with Crippen LogP contribution in [0.1, 0.15) is 32.1 Å². The summed E-state index contributed by atoms with van der Waals surface area (Å²) in [5.41, 5.74) is 0. The summed E-state index contributed by atoms with van der Waals surface area (Å²) in [5, 5.41) is 26.1. The van der Waals surface area contributed by atoms with Crippen LogP contribution in [0.15, 0.2) is 12.2 Å². The molecule has 0 fully saturated rings. The van der Waals surface area contributed by atoms with E-state index >= 15 is 0 Å². The van der Waals surface area contributed by atoms with Gasteiger partial charge in [-0.15, -0.1) is 0 Å². The van der Waals surface area contributed by atoms with Crippen LogP contribution in [-0.4, -0.2) is 35.1 Å². The lowest BCUT2D eigenvalue weighted by atomic mass is 10.0. The van der Waals surface area contributed by atoms with Gasteiger partial charge in [-0.3, -0.25) is 0 Å². The molecule has 0 amide bonds. The third-order valence-electron chi connectivity index (χ3n) is 2.23. The SMILES string of the molecule is OCC=CC(CO)CCCCCCO. The predicted octanol–water partition coefficient (Wildman–Crippen LogP) is 1.09. The van der Waals surface area contributed by atoms with Gasteiger partial charge in [-0.05, 0) is 18.8 Å². The molecule has 0 saturated carbocycles. The monoisotopic (exact) mass is 202 g/mol. The lowest BCUT2D eigenvalue weighted by molar-refractivity contribution is 0.241. The zero-order valence-electron chi connectivity index (χ0n) is 8.73. The average Bonchev–Trinajstić information content (AvgIpc) is 2.22. The Morgan fingerprint density at radius 2 is 1.64 bits per heavy atom. The van der Waals surface area contributed by atoms with Gasteiger partial charge in [-0.25, -0.2) is 0 Å². The summed E-state index contributed by atoms with van der Waals surface area (Å²) >= 11 is 0. The molecule has 0 saturated heterocycles. The summed E-state index contributed by atoms with van der Waals surface area (Å²) in [5.74, 6) is 0.177. The molecule has 3 heteroatoms. The standard InChI is InChI=1S/C11H22O3/c12-8-4-2-1-3-6-11(10-14)7-5-9-13/h5,7,11-14H,1-4,6,8-10H2. The first kappa shape index (κ1) is 13.6. The quantitative estimate of drug-likeness (QED) is 0.387. The van der Waals surface area contributed by atoms with Gasteiger partial charge >= 0.3 is 0 Å². The molecular weight excluding hydrogens is 180 g/mol. The van der Waals surface area contributed by atoms with Crippen LogP contribution in [0.3, 0.4) is 0 Å². The van der Waals surface area contributed by atoms with E-state index in [2.05, 4.69) is 0 Å². The lowest BCUT2D eigenvalue weighted by Gasteiger charge is -2.08. The van der Waals surface area contributed by atoms with Crippen LogP contribution in [0.4, 0.5) is 0 Å². The number of unbranched alkanes of at least 4 members (excludes halogenated alkanes) is 3. The molecule has 0 radical (unpaired) electrons. The van der Waals surface area contributed by atoms with Crippen molar-refractivity contribution in [1.29, 1.82) is 0 Å². The molecule has 0 heterocycles. The van der Waals surface area contributed by atoms with E-state index in [9.17, 15) is 0 Å². The fraction of sp³-hybridized carbons (Fsp3) is 0.818. The Kier molecular flexibility index (Phi) is 10.4. The third-order valence-corrected chi connectivity index (χ3v) is 2.23. The fourth-order valence-electron chi connectivity index (χ4n) is 1.37. The molecule has 0 aliphatic carbocycles. The molecule has 0 aromatic rings. The minimum absolute atomic E-state index is 0.0427. The lowest BCUT2D eigenvalue weighted by Crippen LogP contribution is -2.02. The topological polar surface area (TPSA) is 60.7 Å². The van der Waals surface area contributed by atoms with Crippen molar-refractivity contribution in [1.82, 2.24) is 0 Å². The summed E-state index contributed by atoms with van der Waals surface area (Å²) in [4.78, 5) is 0. The minimum Gasteiger partial charge on any atom is -0.396 e. The highest BCUT2D eigenvalue weighted by molar-refractivity contribution is 4.87. The molecule has 0 spiro atoms. The molecule has 0 aliphatic heterocycles. The van der Waals surface area contributed by atoms with Crippen molar-refractivity contribution in [2.75, 3.05) is 19.8 Å². The van der Waals surface area contributed by atoms with Gasteiger partial charge in [0.1, 0.15) is 0 Å². The first-order chi connectivity index (χ1) is 6.85. The van der Waals surface area contributed by atoms with E-state index in [-0.39, 0.29) is 25.7 Å². The van der Waals surface area contributed by atoms with Crippen molar-refractivity contribution >= 4 is 0 Å². The molecule has 0 rings (SSSR count). The van der Waals surface area contributed by atoms with Crippen LogP contribution in [0, 0.1) is 5.92 Å². The Morgan fingerprint density at radius 3 is 2.21 bits per heavy atom.